The van der Waals surface area contributed by atoms with Crippen LogP contribution in [0.4, 0.5) is 4.79 Å². The van der Waals surface area contributed by atoms with E-state index in [4.69, 9.17) is 9.47 Å². The lowest BCUT2D eigenvalue weighted by atomic mass is 9.95. The minimum atomic E-state index is -0.893. The molecular formula is C22H29N3O5. The van der Waals surface area contributed by atoms with Gasteiger partial charge >= 0.3 is 6.03 Å². The highest BCUT2D eigenvalue weighted by Gasteiger charge is 2.54. The van der Waals surface area contributed by atoms with Crippen molar-refractivity contribution in [2.75, 3.05) is 13.2 Å². The van der Waals surface area contributed by atoms with Gasteiger partial charge in [0.15, 0.2) is 11.5 Å². The minimum absolute atomic E-state index is 0.0907. The van der Waals surface area contributed by atoms with Crippen molar-refractivity contribution in [2.45, 2.75) is 64.1 Å². The van der Waals surface area contributed by atoms with E-state index >= 15 is 0 Å². The molecule has 1 aromatic rings. The van der Waals surface area contributed by atoms with Gasteiger partial charge in [-0.25, -0.2) is 9.69 Å². The summed E-state index contributed by atoms with van der Waals surface area (Å²) < 4.78 is 11.2. The lowest BCUT2D eigenvalue weighted by molar-refractivity contribution is -0.138. The molecule has 2 heterocycles. The number of fused-ring (bicyclic) bond motifs is 1. The number of hydrogen-bond acceptors (Lipinski definition) is 5. The Morgan fingerprint density at radius 1 is 1.10 bits per heavy atom. The lowest BCUT2D eigenvalue weighted by Gasteiger charge is -2.28. The number of nitrogens with zero attached hydrogens (tertiary/aromatic N) is 1. The van der Waals surface area contributed by atoms with E-state index in [2.05, 4.69) is 10.6 Å². The molecule has 2 fully saturated rings. The molecular weight excluding hydrogens is 386 g/mol. The van der Waals surface area contributed by atoms with Crippen LogP contribution in [0.15, 0.2) is 18.2 Å². The third-order valence-corrected chi connectivity index (χ3v) is 6.31. The predicted octanol–water partition coefficient (Wildman–Crippen LogP) is 2.52. The van der Waals surface area contributed by atoms with Crippen LogP contribution in [0.1, 0.15) is 58.1 Å². The van der Waals surface area contributed by atoms with Gasteiger partial charge in [0.25, 0.3) is 5.91 Å². The Bertz CT molecular complexity index is 862. The number of imide groups is 1. The summed E-state index contributed by atoms with van der Waals surface area (Å²) in [6.45, 7) is 6.62. The van der Waals surface area contributed by atoms with E-state index in [1.165, 1.54) is 0 Å². The number of ether oxygens (including phenoxy) is 2. The normalized spacial score (nSPS) is 21.7. The number of urea groups is 1. The average molecular weight is 415 g/mol. The van der Waals surface area contributed by atoms with Gasteiger partial charge in [-0.3, -0.25) is 9.59 Å². The molecule has 2 N–H and O–H groups in total. The van der Waals surface area contributed by atoms with Crippen LogP contribution in [0.5, 0.6) is 11.5 Å². The quantitative estimate of drug-likeness (QED) is 0.721. The average Bonchev–Trinajstić information content (AvgIpc) is 3.29. The molecule has 1 aliphatic carbocycles. The van der Waals surface area contributed by atoms with Crippen LogP contribution in [0.25, 0.3) is 0 Å². The van der Waals surface area contributed by atoms with Crippen molar-refractivity contribution in [1.29, 1.82) is 0 Å². The highest BCUT2D eigenvalue weighted by molar-refractivity contribution is 6.10. The molecule has 8 heteroatoms. The molecule has 0 radical (unpaired) electrons. The molecule has 2 unspecified atom stereocenters. The Balaban J connectivity index is 1.51. The molecule has 2 aliphatic heterocycles. The highest BCUT2D eigenvalue weighted by Crippen LogP contribution is 2.37. The summed E-state index contributed by atoms with van der Waals surface area (Å²) in [5, 5.41) is 5.86. The maximum atomic E-state index is 13.1. The van der Waals surface area contributed by atoms with Gasteiger partial charge in [0.05, 0.1) is 6.04 Å². The maximum Gasteiger partial charge on any atom is 0.325 e. The van der Waals surface area contributed by atoms with Crippen molar-refractivity contribution < 1.29 is 23.9 Å². The van der Waals surface area contributed by atoms with E-state index in [1.54, 1.807) is 6.92 Å². The molecule has 1 aromatic carbocycles. The van der Waals surface area contributed by atoms with Gasteiger partial charge in [-0.15, -0.1) is 0 Å². The number of amides is 4. The second kappa shape index (κ2) is 7.81. The Labute approximate surface area is 176 Å². The number of hydrogen-bond donors (Lipinski definition) is 2. The fraction of sp³-hybridized carbons (Fsp3) is 0.591. The van der Waals surface area contributed by atoms with Crippen molar-refractivity contribution >= 4 is 17.8 Å². The zero-order valence-corrected chi connectivity index (χ0v) is 17.7. The van der Waals surface area contributed by atoms with Crippen LogP contribution in [0.3, 0.4) is 0 Å². The van der Waals surface area contributed by atoms with Gasteiger partial charge < -0.3 is 20.1 Å². The summed E-state index contributed by atoms with van der Waals surface area (Å²) in [5.74, 6) is 0.792. The molecule has 2 atom stereocenters. The van der Waals surface area contributed by atoms with Gasteiger partial charge in [0.2, 0.25) is 5.91 Å². The summed E-state index contributed by atoms with van der Waals surface area (Å²) in [6, 6.07) is 3.96. The Kier molecular flexibility index (Phi) is 5.34. The van der Waals surface area contributed by atoms with Crippen LogP contribution in [0.2, 0.25) is 0 Å². The van der Waals surface area contributed by atoms with E-state index in [1.807, 2.05) is 32.0 Å². The monoisotopic (exact) mass is 415 g/mol. The Hall–Kier alpha value is -2.77. The molecule has 0 bridgehead atoms. The van der Waals surface area contributed by atoms with Crippen molar-refractivity contribution in [3.05, 3.63) is 23.8 Å². The molecule has 8 nitrogen and oxygen atoms in total. The molecule has 162 valence electrons. The maximum absolute atomic E-state index is 13.1. The molecule has 3 aliphatic rings. The molecule has 1 saturated carbocycles. The van der Waals surface area contributed by atoms with E-state index in [0.29, 0.717) is 37.6 Å². The predicted molar refractivity (Wildman–Crippen MR) is 109 cm³/mol. The molecule has 0 aromatic heterocycles. The summed E-state index contributed by atoms with van der Waals surface area (Å²) in [4.78, 5) is 39.6. The topological polar surface area (TPSA) is 97.0 Å². The molecule has 1 saturated heterocycles. The first kappa shape index (κ1) is 20.5. The molecule has 4 rings (SSSR count). The fourth-order valence-corrected chi connectivity index (χ4v) is 4.59. The van der Waals surface area contributed by atoms with Gasteiger partial charge in [-0.2, -0.15) is 0 Å². The number of carbonyl (C=O) groups is 3. The van der Waals surface area contributed by atoms with Crippen LogP contribution in [0, 0.1) is 5.92 Å². The van der Waals surface area contributed by atoms with E-state index in [-0.39, 0.29) is 23.8 Å². The number of carbonyl (C=O) groups excluding carboxylic acids is 3. The second-order valence-corrected chi connectivity index (χ2v) is 8.70. The van der Waals surface area contributed by atoms with Crippen molar-refractivity contribution in [1.82, 2.24) is 15.5 Å². The molecule has 1 spiro atoms. The summed E-state index contributed by atoms with van der Waals surface area (Å²) in [6.07, 6.45) is 3.07. The Morgan fingerprint density at radius 2 is 1.77 bits per heavy atom. The van der Waals surface area contributed by atoms with E-state index in [0.717, 1.165) is 23.3 Å². The van der Waals surface area contributed by atoms with Gasteiger partial charge in [-0.05, 0) is 43.4 Å². The SMILES string of the molecule is CC(C)C(NC(=O)C(C)N1C(=O)NC2(CCCC2)C1=O)c1ccc2c(c1)OCCO2. The van der Waals surface area contributed by atoms with Crippen molar-refractivity contribution in [3.63, 3.8) is 0 Å². The standard InChI is InChI=1S/C22H29N3O5/c1-13(2)18(15-6-7-16-17(12-15)30-11-10-29-16)23-19(26)14(3)25-20(27)22(24-21(25)28)8-4-5-9-22/h6-7,12-14,18H,4-5,8-11H2,1-3H3,(H,23,26)(H,24,28). The molecule has 4 amide bonds. The van der Waals surface area contributed by atoms with Gasteiger partial charge in [0, 0.05) is 0 Å². The van der Waals surface area contributed by atoms with Crippen molar-refractivity contribution in [2.24, 2.45) is 5.92 Å². The zero-order chi connectivity index (χ0) is 21.5. The largest absolute Gasteiger partial charge is 0.486 e. The number of nitrogens with one attached hydrogen (secondary N) is 2. The number of benzene rings is 1. The third-order valence-electron chi connectivity index (χ3n) is 6.31. The third kappa shape index (κ3) is 3.48. The summed E-state index contributed by atoms with van der Waals surface area (Å²) in [5.41, 5.74) is 0.0677. The first-order valence-corrected chi connectivity index (χ1v) is 10.7. The summed E-state index contributed by atoms with van der Waals surface area (Å²) >= 11 is 0. The second-order valence-electron chi connectivity index (χ2n) is 8.70. The molecule has 30 heavy (non-hydrogen) atoms. The minimum Gasteiger partial charge on any atom is -0.486 e. The zero-order valence-electron chi connectivity index (χ0n) is 17.7. The smallest absolute Gasteiger partial charge is 0.325 e. The van der Waals surface area contributed by atoms with E-state index < -0.39 is 17.6 Å². The van der Waals surface area contributed by atoms with E-state index in [9.17, 15) is 14.4 Å². The first-order chi connectivity index (χ1) is 14.3. The van der Waals surface area contributed by atoms with Gasteiger partial charge in [-0.1, -0.05) is 32.8 Å². The number of rotatable bonds is 5. The highest BCUT2D eigenvalue weighted by atomic mass is 16.6. The summed E-state index contributed by atoms with van der Waals surface area (Å²) in [7, 11) is 0. The van der Waals surface area contributed by atoms with Gasteiger partial charge in [0.1, 0.15) is 24.8 Å². The Morgan fingerprint density at radius 3 is 2.43 bits per heavy atom. The van der Waals surface area contributed by atoms with Crippen LogP contribution in [-0.2, 0) is 9.59 Å². The van der Waals surface area contributed by atoms with Crippen molar-refractivity contribution in [3.8, 4) is 11.5 Å². The first-order valence-electron chi connectivity index (χ1n) is 10.7. The van der Waals surface area contributed by atoms with Crippen LogP contribution >= 0.6 is 0 Å². The lowest BCUT2D eigenvalue weighted by Crippen LogP contribution is -2.50. The van der Waals surface area contributed by atoms with Crippen LogP contribution in [-0.4, -0.2) is 47.5 Å². The fourth-order valence-electron chi connectivity index (χ4n) is 4.59. The van der Waals surface area contributed by atoms with Crippen LogP contribution < -0.4 is 20.1 Å².